The van der Waals surface area contributed by atoms with Crippen LogP contribution < -0.4 is 4.74 Å². The zero-order valence-electron chi connectivity index (χ0n) is 13.1. The maximum absolute atomic E-state index is 5.50. The van der Waals surface area contributed by atoms with E-state index in [0.29, 0.717) is 5.92 Å². The number of pyridine rings is 1. The largest absolute Gasteiger partial charge is 0.497 e. The van der Waals surface area contributed by atoms with Gasteiger partial charge < -0.3 is 9.47 Å². The summed E-state index contributed by atoms with van der Waals surface area (Å²) in [5.41, 5.74) is 2.85. The van der Waals surface area contributed by atoms with Crippen molar-refractivity contribution in [3.05, 3.63) is 48.4 Å². The van der Waals surface area contributed by atoms with Crippen molar-refractivity contribution in [3.63, 3.8) is 0 Å². The third-order valence-corrected chi connectivity index (χ3v) is 4.34. The van der Waals surface area contributed by atoms with Crippen LogP contribution in [0.3, 0.4) is 0 Å². The van der Waals surface area contributed by atoms with Gasteiger partial charge in [0, 0.05) is 31.4 Å². The molecule has 0 spiro atoms. The first-order chi connectivity index (χ1) is 11.4. The summed E-state index contributed by atoms with van der Waals surface area (Å²) in [5.74, 6) is 2.29. The predicted octanol–water partition coefficient (Wildman–Crippen LogP) is 3.32. The smallest absolute Gasteiger partial charge is 0.164 e. The van der Waals surface area contributed by atoms with Crippen LogP contribution in [0, 0.1) is 0 Å². The molecule has 5 heteroatoms. The molecule has 0 N–H and O–H groups in total. The molecule has 1 fully saturated rings. The molecular formula is C18H19N3O2. The summed E-state index contributed by atoms with van der Waals surface area (Å²) >= 11 is 0. The van der Waals surface area contributed by atoms with Gasteiger partial charge >= 0.3 is 0 Å². The Bertz CT molecular complexity index is 822. The standard InChI is InChI=1S/C18H19N3O2/c1-22-15-5-2-4-14(12-15)21-17(13-7-10-23-11-8-13)20-16-6-3-9-19-18(16)21/h2-6,9,12-13H,7-8,10-11H2,1H3. The van der Waals surface area contributed by atoms with Gasteiger partial charge in [-0.05, 0) is 37.1 Å². The molecule has 1 aromatic carbocycles. The van der Waals surface area contributed by atoms with Crippen LogP contribution in [0.1, 0.15) is 24.6 Å². The fourth-order valence-corrected chi connectivity index (χ4v) is 3.16. The van der Waals surface area contributed by atoms with E-state index in [1.54, 1.807) is 7.11 Å². The number of fused-ring (bicyclic) bond motifs is 1. The minimum atomic E-state index is 0.393. The van der Waals surface area contributed by atoms with Crippen LogP contribution in [0.2, 0.25) is 0 Å². The SMILES string of the molecule is COc1cccc(-n2c(C3CCOCC3)nc3cccnc32)c1. The van der Waals surface area contributed by atoms with Crippen LogP contribution in [0.4, 0.5) is 0 Å². The second-order valence-electron chi connectivity index (χ2n) is 5.74. The molecular weight excluding hydrogens is 290 g/mol. The van der Waals surface area contributed by atoms with Crippen molar-refractivity contribution >= 4 is 11.2 Å². The van der Waals surface area contributed by atoms with E-state index in [0.717, 1.165) is 54.5 Å². The monoisotopic (exact) mass is 309 g/mol. The molecule has 0 saturated carbocycles. The minimum Gasteiger partial charge on any atom is -0.497 e. The molecule has 0 bridgehead atoms. The Hall–Kier alpha value is -2.40. The molecule has 2 aromatic heterocycles. The summed E-state index contributed by atoms with van der Waals surface area (Å²) in [5, 5.41) is 0. The second-order valence-corrected chi connectivity index (χ2v) is 5.74. The first kappa shape index (κ1) is 14.2. The van der Waals surface area contributed by atoms with E-state index >= 15 is 0 Å². The summed E-state index contributed by atoms with van der Waals surface area (Å²) < 4.78 is 13.0. The highest BCUT2D eigenvalue weighted by Gasteiger charge is 2.24. The molecule has 118 valence electrons. The van der Waals surface area contributed by atoms with Gasteiger partial charge in [0.05, 0.1) is 12.8 Å². The Morgan fingerprint density at radius 1 is 1.17 bits per heavy atom. The zero-order chi connectivity index (χ0) is 15.6. The van der Waals surface area contributed by atoms with E-state index < -0.39 is 0 Å². The molecule has 0 aliphatic carbocycles. The van der Waals surface area contributed by atoms with Gasteiger partial charge in [0.25, 0.3) is 0 Å². The van der Waals surface area contributed by atoms with Gasteiger partial charge in [-0.3, -0.25) is 4.57 Å². The lowest BCUT2D eigenvalue weighted by Gasteiger charge is -2.22. The number of aromatic nitrogens is 3. The summed E-state index contributed by atoms with van der Waals surface area (Å²) in [6.07, 6.45) is 3.80. The Labute approximate surface area is 134 Å². The Morgan fingerprint density at radius 2 is 2.04 bits per heavy atom. The van der Waals surface area contributed by atoms with E-state index in [-0.39, 0.29) is 0 Å². The van der Waals surface area contributed by atoms with Crippen LogP contribution in [-0.4, -0.2) is 34.9 Å². The lowest BCUT2D eigenvalue weighted by molar-refractivity contribution is 0.0834. The number of hydrogen-bond acceptors (Lipinski definition) is 4. The molecule has 5 nitrogen and oxygen atoms in total. The summed E-state index contributed by atoms with van der Waals surface area (Å²) in [6, 6.07) is 12.0. The molecule has 23 heavy (non-hydrogen) atoms. The van der Waals surface area contributed by atoms with Crippen molar-refractivity contribution in [2.75, 3.05) is 20.3 Å². The lowest BCUT2D eigenvalue weighted by atomic mass is 9.99. The van der Waals surface area contributed by atoms with Crippen molar-refractivity contribution in [1.82, 2.24) is 14.5 Å². The topological polar surface area (TPSA) is 49.2 Å². The molecule has 0 amide bonds. The number of methoxy groups -OCH3 is 1. The highest BCUT2D eigenvalue weighted by molar-refractivity contribution is 5.74. The highest BCUT2D eigenvalue weighted by Crippen LogP contribution is 2.31. The average molecular weight is 309 g/mol. The number of benzene rings is 1. The third-order valence-electron chi connectivity index (χ3n) is 4.34. The van der Waals surface area contributed by atoms with Crippen molar-refractivity contribution in [1.29, 1.82) is 0 Å². The number of ether oxygens (including phenoxy) is 2. The maximum Gasteiger partial charge on any atom is 0.164 e. The van der Waals surface area contributed by atoms with Gasteiger partial charge in [-0.25, -0.2) is 9.97 Å². The van der Waals surface area contributed by atoms with Crippen molar-refractivity contribution in [3.8, 4) is 11.4 Å². The average Bonchev–Trinajstić information content (AvgIpc) is 3.02. The van der Waals surface area contributed by atoms with Gasteiger partial charge in [-0.2, -0.15) is 0 Å². The minimum absolute atomic E-state index is 0.393. The molecule has 0 atom stereocenters. The Morgan fingerprint density at radius 3 is 2.87 bits per heavy atom. The quantitative estimate of drug-likeness (QED) is 0.744. The van der Waals surface area contributed by atoms with Crippen LogP contribution in [0.25, 0.3) is 16.9 Å². The Balaban J connectivity index is 1.91. The van der Waals surface area contributed by atoms with E-state index in [9.17, 15) is 0 Å². The number of rotatable bonds is 3. The van der Waals surface area contributed by atoms with Gasteiger partial charge in [0.1, 0.15) is 17.1 Å². The maximum atomic E-state index is 5.50. The zero-order valence-corrected chi connectivity index (χ0v) is 13.1. The predicted molar refractivity (Wildman–Crippen MR) is 88.2 cm³/mol. The van der Waals surface area contributed by atoms with Gasteiger partial charge in [-0.1, -0.05) is 6.07 Å². The number of imidazole rings is 1. The molecule has 1 saturated heterocycles. The molecule has 0 radical (unpaired) electrons. The van der Waals surface area contributed by atoms with Crippen LogP contribution in [0.5, 0.6) is 5.75 Å². The fourth-order valence-electron chi connectivity index (χ4n) is 3.16. The second kappa shape index (κ2) is 6.01. The van der Waals surface area contributed by atoms with Crippen LogP contribution in [0.15, 0.2) is 42.6 Å². The van der Waals surface area contributed by atoms with E-state index in [4.69, 9.17) is 14.5 Å². The number of hydrogen-bond donors (Lipinski definition) is 0. The van der Waals surface area contributed by atoms with E-state index in [1.807, 2.05) is 36.5 Å². The van der Waals surface area contributed by atoms with Gasteiger partial charge in [0.15, 0.2) is 5.65 Å². The normalized spacial score (nSPS) is 15.9. The fraction of sp³-hybridized carbons (Fsp3) is 0.333. The molecule has 1 aliphatic rings. The van der Waals surface area contributed by atoms with Crippen molar-refractivity contribution < 1.29 is 9.47 Å². The number of nitrogens with zero attached hydrogens (tertiary/aromatic N) is 3. The van der Waals surface area contributed by atoms with Crippen LogP contribution >= 0.6 is 0 Å². The summed E-state index contributed by atoms with van der Waals surface area (Å²) in [7, 11) is 1.68. The summed E-state index contributed by atoms with van der Waals surface area (Å²) in [6.45, 7) is 1.58. The molecule has 3 aromatic rings. The first-order valence-electron chi connectivity index (χ1n) is 7.92. The van der Waals surface area contributed by atoms with E-state index in [2.05, 4.69) is 15.6 Å². The third kappa shape index (κ3) is 2.57. The Kier molecular flexibility index (Phi) is 3.71. The molecule has 4 rings (SSSR count). The van der Waals surface area contributed by atoms with Gasteiger partial charge in [0.2, 0.25) is 0 Å². The van der Waals surface area contributed by atoms with Gasteiger partial charge in [-0.15, -0.1) is 0 Å². The molecule has 3 heterocycles. The molecule has 0 unspecified atom stereocenters. The lowest BCUT2D eigenvalue weighted by Crippen LogP contribution is -2.17. The van der Waals surface area contributed by atoms with E-state index in [1.165, 1.54) is 0 Å². The van der Waals surface area contributed by atoms with Crippen molar-refractivity contribution in [2.45, 2.75) is 18.8 Å². The summed E-state index contributed by atoms with van der Waals surface area (Å²) in [4.78, 5) is 9.43. The first-order valence-corrected chi connectivity index (χ1v) is 7.92. The van der Waals surface area contributed by atoms with Crippen molar-refractivity contribution in [2.24, 2.45) is 0 Å². The van der Waals surface area contributed by atoms with Crippen LogP contribution in [-0.2, 0) is 4.74 Å². The molecule has 1 aliphatic heterocycles. The highest BCUT2D eigenvalue weighted by atomic mass is 16.5.